The molecular weight excluding hydrogens is 124 g/mol. The quantitative estimate of drug-likeness (QED) is 0.343. The van der Waals surface area contributed by atoms with Gasteiger partial charge in [-0.05, 0) is 6.42 Å². The lowest BCUT2D eigenvalue weighted by Crippen LogP contribution is -2.16. The molecule has 0 atom stereocenters. The van der Waals surface area contributed by atoms with Crippen LogP contribution in [-0.4, -0.2) is 24.8 Å². The van der Waals surface area contributed by atoms with Crippen molar-refractivity contribution in [2.24, 2.45) is 0 Å². The standard InChI is InChI=1S/C8H18N2/c1-3-4-5-6-7-10(2)8-9/h8-9H,3-7H2,1-2H3. The van der Waals surface area contributed by atoms with Gasteiger partial charge in [-0.1, -0.05) is 26.2 Å². The van der Waals surface area contributed by atoms with Gasteiger partial charge in [0.25, 0.3) is 0 Å². The smallest absolute Gasteiger partial charge is 0.0814 e. The van der Waals surface area contributed by atoms with Crippen LogP contribution >= 0.6 is 0 Å². The Bertz CT molecular complexity index is 81.3. The van der Waals surface area contributed by atoms with E-state index in [0.29, 0.717) is 0 Å². The topological polar surface area (TPSA) is 27.1 Å². The first-order valence-corrected chi connectivity index (χ1v) is 4.02. The lowest BCUT2D eigenvalue weighted by atomic mass is 10.2. The maximum absolute atomic E-state index is 6.89. The zero-order valence-electron chi connectivity index (χ0n) is 7.06. The van der Waals surface area contributed by atoms with Crippen molar-refractivity contribution in [3.8, 4) is 0 Å². The van der Waals surface area contributed by atoms with Crippen molar-refractivity contribution in [1.82, 2.24) is 4.90 Å². The van der Waals surface area contributed by atoms with Crippen LogP contribution in [0.5, 0.6) is 0 Å². The SMILES string of the molecule is CCCCCCN(C)C=N. The molecule has 0 aliphatic heterocycles. The van der Waals surface area contributed by atoms with E-state index in [1.165, 1.54) is 32.0 Å². The molecule has 0 rings (SSSR count). The van der Waals surface area contributed by atoms with E-state index in [-0.39, 0.29) is 0 Å². The minimum absolute atomic E-state index is 1.03. The van der Waals surface area contributed by atoms with E-state index in [0.717, 1.165) is 6.54 Å². The Hall–Kier alpha value is -0.530. The third-order valence-electron chi connectivity index (χ3n) is 1.58. The van der Waals surface area contributed by atoms with Crippen LogP contribution in [0.1, 0.15) is 32.6 Å². The number of rotatable bonds is 6. The molecule has 2 heteroatoms. The molecule has 0 aromatic heterocycles. The summed E-state index contributed by atoms with van der Waals surface area (Å²) in [4.78, 5) is 1.91. The van der Waals surface area contributed by atoms with Crippen molar-refractivity contribution in [2.45, 2.75) is 32.6 Å². The van der Waals surface area contributed by atoms with Crippen molar-refractivity contribution in [3.63, 3.8) is 0 Å². The second kappa shape index (κ2) is 6.59. The summed E-state index contributed by atoms with van der Waals surface area (Å²) in [5.74, 6) is 0. The highest BCUT2D eigenvalue weighted by molar-refractivity contribution is 5.49. The highest BCUT2D eigenvalue weighted by atomic mass is 15.1. The second-order valence-corrected chi connectivity index (χ2v) is 2.67. The van der Waals surface area contributed by atoms with E-state index < -0.39 is 0 Å². The van der Waals surface area contributed by atoms with Crippen LogP contribution in [0.25, 0.3) is 0 Å². The first-order chi connectivity index (χ1) is 4.81. The number of hydrogen-bond donors (Lipinski definition) is 1. The fourth-order valence-corrected chi connectivity index (χ4v) is 0.853. The van der Waals surface area contributed by atoms with Crippen LogP contribution in [0.15, 0.2) is 0 Å². The van der Waals surface area contributed by atoms with Gasteiger partial charge in [0, 0.05) is 13.6 Å². The van der Waals surface area contributed by atoms with Crippen LogP contribution in [0.4, 0.5) is 0 Å². The molecule has 10 heavy (non-hydrogen) atoms. The number of hydrogen-bond acceptors (Lipinski definition) is 1. The number of nitrogens with one attached hydrogen (secondary N) is 1. The largest absolute Gasteiger partial charge is 0.366 e. The molecule has 0 spiro atoms. The lowest BCUT2D eigenvalue weighted by molar-refractivity contribution is 0.480. The van der Waals surface area contributed by atoms with Crippen molar-refractivity contribution in [1.29, 1.82) is 5.41 Å². The van der Waals surface area contributed by atoms with Gasteiger partial charge in [-0.2, -0.15) is 0 Å². The summed E-state index contributed by atoms with van der Waals surface area (Å²) in [7, 11) is 1.94. The molecule has 0 aliphatic rings. The lowest BCUT2D eigenvalue weighted by Gasteiger charge is -2.10. The minimum Gasteiger partial charge on any atom is -0.366 e. The van der Waals surface area contributed by atoms with Crippen LogP contribution < -0.4 is 0 Å². The van der Waals surface area contributed by atoms with Crippen LogP contribution in [0.2, 0.25) is 0 Å². The Kier molecular flexibility index (Phi) is 6.24. The molecule has 1 N–H and O–H groups in total. The second-order valence-electron chi connectivity index (χ2n) is 2.67. The fraction of sp³-hybridized carbons (Fsp3) is 0.875. The van der Waals surface area contributed by atoms with Gasteiger partial charge in [0.05, 0.1) is 6.34 Å². The third kappa shape index (κ3) is 5.60. The van der Waals surface area contributed by atoms with E-state index in [9.17, 15) is 0 Å². The van der Waals surface area contributed by atoms with E-state index in [2.05, 4.69) is 6.92 Å². The molecule has 0 bridgehead atoms. The monoisotopic (exact) mass is 142 g/mol. The van der Waals surface area contributed by atoms with Crippen molar-refractivity contribution < 1.29 is 0 Å². The number of unbranched alkanes of at least 4 members (excludes halogenated alkanes) is 3. The van der Waals surface area contributed by atoms with E-state index >= 15 is 0 Å². The van der Waals surface area contributed by atoms with Gasteiger partial charge >= 0.3 is 0 Å². The molecule has 60 valence electrons. The van der Waals surface area contributed by atoms with Crippen molar-refractivity contribution in [3.05, 3.63) is 0 Å². The van der Waals surface area contributed by atoms with Crippen LogP contribution in [0.3, 0.4) is 0 Å². The molecule has 0 saturated heterocycles. The zero-order valence-corrected chi connectivity index (χ0v) is 7.06. The van der Waals surface area contributed by atoms with Gasteiger partial charge in [0.15, 0.2) is 0 Å². The average molecular weight is 142 g/mol. The van der Waals surface area contributed by atoms with Crippen molar-refractivity contribution in [2.75, 3.05) is 13.6 Å². The predicted octanol–water partition coefficient (Wildman–Crippen LogP) is 2.11. The third-order valence-corrected chi connectivity index (χ3v) is 1.58. The van der Waals surface area contributed by atoms with Crippen molar-refractivity contribution >= 4 is 6.34 Å². The maximum atomic E-state index is 6.89. The van der Waals surface area contributed by atoms with Gasteiger partial charge < -0.3 is 4.90 Å². The normalized spacial score (nSPS) is 9.40. The first-order valence-electron chi connectivity index (χ1n) is 4.02. The Morgan fingerprint density at radius 2 is 2.00 bits per heavy atom. The number of nitrogens with zero attached hydrogens (tertiary/aromatic N) is 1. The summed E-state index contributed by atoms with van der Waals surface area (Å²) in [5.41, 5.74) is 0. The average Bonchev–Trinajstić information content (AvgIpc) is 1.98. The maximum Gasteiger partial charge on any atom is 0.0814 e. The summed E-state index contributed by atoms with van der Waals surface area (Å²) < 4.78 is 0. The summed E-state index contributed by atoms with van der Waals surface area (Å²) in [6.07, 6.45) is 6.51. The van der Waals surface area contributed by atoms with E-state index in [1.54, 1.807) is 0 Å². The molecule has 2 nitrogen and oxygen atoms in total. The van der Waals surface area contributed by atoms with Gasteiger partial charge in [-0.25, -0.2) is 0 Å². The summed E-state index contributed by atoms with van der Waals surface area (Å²) in [6, 6.07) is 0. The minimum atomic E-state index is 1.03. The van der Waals surface area contributed by atoms with Crippen LogP contribution in [0, 0.1) is 5.41 Å². The summed E-state index contributed by atoms with van der Waals surface area (Å²) >= 11 is 0. The molecule has 0 aromatic rings. The first kappa shape index (κ1) is 9.47. The van der Waals surface area contributed by atoms with Gasteiger partial charge in [0.2, 0.25) is 0 Å². The Morgan fingerprint density at radius 3 is 2.50 bits per heavy atom. The molecule has 0 fully saturated rings. The summed E-state index contributed by atoms with van der Waals surface area (Å²) in [5, 5.41) is 6.89. The van der Waals surface area contributed by atoms with E-state index in [4.69, 9.17) is 5.41 Å². The molecule has 0 aliphatic carbocycles. The van der Waals surface area contributed by atoms with Gasteiger partial charge in [-0.3, -0.25) is 5.41 Å². The molecule has 0 unspecified atom stereocenters. The molecular formula is C8H18N2. The fourth-order valence-electron chi connectivity index (χ4n) is 0.853. The Labute approximate surface area is 63.7 Å². The molecule has 0 saturated carbocycles. The molecule has 0 radical (unpaired) electrons. The summed E-state index contributed by atoms with van der Waals surface area (Å²) in [6.45, 7) is 3.24. The van der Waals surface area contributed by atoms with Gasteiger partial charge in [-0.15, -0.1) is 0 Å². The Morgan fingerprint density at radius 1 is 1.30 bits per heavy atom. The van der Waals surface area contributed by atoms with Gasteiger partial charge in [0.1, 0.15) is 0 Å². The van der Waals surface area contributed by atoms with Crippen LogP contribution in [-0.2, 0) is 0 Å². The predicted molar refractivity (Wildman–Crippen MR) is 45.6 cm³/mol. The highest BCUT2D eigenvalue weighted by Gasteiger charge is 1.90. The molecule has 0 aromatic carbocycles. The van der Waals surface area contributed by atoms with E-state index in [1.807, 2.05) is 11.9 Å². The zero-order chi connectivity index (χ0) is 7.82. The highest BCUT2D eigenvalue weighted by Crippen LogP contribution is 1.98. The molecule has 0 heterocycles. The Balaban J connectivity index is 2.95. The molecule has 0 amide bonds.